The lowest BCUT2D eigenvalue weighted by Gasteiger charge is -2.26. The van der Waals surface area contributed by atoms with Gasteiger partial charge in [0.05, 0.1) is 6.61 Å². The van der Waals surface area contributed by atoms with E-state index in [1.165, 1.54) is 0 Å². The summed E-state index contributed by atoms with van der Waals surface area (Å²) in [6.45, 7) is 1.44. The molecular formula is C17H22ClNO2. The lowest BCUT2D eigenvalue weighted by Crippen LogP contribution is -2.26. The molecule has 2 aliphatic rings. The second-order valence-corrected chi connectivity index (χ2v) is 6.68. The molecule has 0 unspecified atom stereocenters. The van der Waals surface area contributed by atoms with Crippen LogP contribution in [0.2, 0.25) is 5.02 Å². The summed E-state index contributed by atoms with van der Waals surface area (Å²) in [4.78, 5) is 12.5. The molecule has 0 spiro atoms. The predicted octanol–water partition coefficient (Wildman–Crippen LogP) is 3.15. The Kier molecular flexibility index (Phi) is 4.51. The molecular weight excluding hydrogens is 286 g/mol. The van der Waals surface area contributed by atoms with E-state index in [1.54, 1.807) is 0 Å². The highest BCUT2D eigenvalue weighted by molar-refractivity contribution is 6.30. The van der Waals surface area contributed by atoms with Crippen LogP contribution in [0.25, 0.3) is 0 Å². The van der Waals surface area contributed by atoms with Crippen LogP contribution < -0.4 is 10.5 Å². The van der Waals surface area contributed by atoms with Crippen molar-refractivity contribution in [3.63, 3.8) is 0 Å². The number of Topliss-reactive ketones (excluding diaryl/α,β-unsaturated/α-hetero) is 1. The Balaban J connectivity index is 1.68. The van der Waals surface area contributed by atoms with E-state index in [0.717, 1.165) is 55.5 Å². The molecule has 0 aromatic heterocycles. The summed E-state index contributed by atoms with van der Waals surface area (Å²) in [6, 6.07) is 3.83. The molecule has 1 aromatic carbocycles. The summed E-state index contributed by atoms with van der Waals surface area (Å²) >= 11 is 6.15. The molecule has 21 heavy (non-hydrogen) atoms. The topological polar surface area (TPSA) is 52.3 Å². The Bertz CT molecular complexity index is 536. The van der Waals surface area contributed by atoms with E-state index < -0.39 is 0 Å². The number of carbonyl (C=O) groups is 1. The quantitative estimate of drug-likeness (QED) is 0.929. The van der Waals surface area contributed by atoms with Gasteiger partial charge in [-0.2, -0.15) is 0 Å². The van der Waals surface area contributed by atoms with Crippen molar-refractivity contribution in [1.29, 1.82) is 0 Å². The molecule has 0 saturated heterocycles. The van der Waals surface area contributed by atoms with E-state index in [4.69, 9.17) is 22.1 Å². The number of halogens is 1. The highest BCUT2D eigenvalue weighted by atomic mass is 35.5. The van der Waals surface area contributed by atoms with Crippen LogP contribution in [0, 0.1) is 11.8 Å². The molecule has 0 bridgehead atoms. The summed E-state index contributed by atoms with van der Waals surface area (Å²) < 4.78 is 5.68. The maximum absolute atomic E-state index is 12.5. The van der Waals surface area contributed by atoms with Gasteiger partial charge in [-0.3, -0.25) is 4.79 Å². The molecule has 1 aliphatic carbocycles. The van der Waals surface area contributed by atoms with Crippen molar-refractivity contribution in [3.8, 4) is 5.75 Å². The third-order valence-corrected chi connectivity index (χ3v) is 5.04. The fraction of sp³-hybridized carbons (Fsp3) is 0.588. The Hall–Kier alpha value is -1.06. The van der Waals surface area contributed by atoms with E-state index in [2.05, 4.69) is 0 Å². The minimum absolute atomic E-state index is 0.184. The molecule has 114 valence electrons. The Morgan fingerprint density at radius 2 is 2.05 bits per heavy atom. The van der Waals surface area contributed by atoms with Crippen LogP contribution >= 0.6 is 11.6 Å². The highest BCUT2D eigenvalue weighted by Gasteiger charge is 2.27. The van der Waals surface area contributed by atoms with Crippen LogP contribution in [0.1, 0.15) is 36.8 Å². The van der Waals surface area contributed by atoms with Gasteiger partial charge in [-0.15, -0.1) is 0 Å². The van der Waals surface area contributed by atoms with Gasteiger partial charge in [0, 0.05) is 29.3 Å². The first kappa shape index (κ1) is 14.9. The van der Waals surface area contributed by atoms with Crippen molar-refractivity contribution in [1.82, 2.24) is 0 Å². The molecule has 1 saturated carbocycles. The highest BCUT2D eigenvalue weighted by Crippen LogP contribution is 2.35. The Labute approximate surface area is 130 Å². The van der Waals surface area contributed by atoms with Crippen molar-refractivity contribution in [2.75, 3.05) is 13.2 Å². The number of ether oxygens (including phenoxy) is 1. The number of ketones is 1. The number of hydrogen-bond donors (Lipinski definition) is 1. The Morgan fingerprint density at radius 1 is 1.29 bits per heavy atom. The number of nitrogens with two attached hydrogens (primary N) is 1. The van der Waals surface area contributed by atoms with E-state index in [-0.39, 0.29) is 5.92 Å². The normalized spacial score (nSPS) is 24.5. The fourth-order valence-corrected chi connectivity index (χ4v) is 3.79. The zero-order valence-electron chi connectivity index (χ0n) is 12.2. The van der Waals surface area contributed by atoms with Crippen LogP contribution in [0.15, 0.2) is 12.1 Å². The number of rotatable bonds is 4. The average Bonchev–Trinajstić information content (AvgIpc) is 2.95. The van der Waals surface area contributed by atoms with Crippen molar-refractivity contribution < 1.29 is 9.53 Å². The summed E-state index contributed by atoms with van der Waals surface area (Å²) in [7, 11) is 0. The minimum atomic E-state index is 0.184. The van der Waals surface area contributed by atoms with Gasteiger partial charge in [-0.1, -0.05) is 11.6 Å². The van der Waals surface area contributed by atoms with Gasteiger partial charge in [0.15, 0.2) is 0 Å². The molecule has 1 aliphatic heterocycles. The molecule has 4 heteroatoms. The molecule has 3 nitrogen and oxygen atoms in total. The van der Waals surface area contributed by atoms with Gasteiger partial charge in [-0.05, 0) is 55.8 Å². The first-order valence-electron chi connectivity index (χ1n) is 7.84. The van der Waals surface area contributed by atoms with Gasteiger partial charge in [0.25, 0.3) is 0 Å². The molecule has 0 radical (unpaired) electrons. The van der Waals surface area contributed by atoms with Gasteiger partial charge < -0.3 is 10.5 Å². The van der Waals surface area contributed by atoms with Gasteiger partial charge in [0.1, 0.15) is 11.5 Å². The Morgan fingerprint density at radius 3 is 2.76 bits per heavy atom. The van der Waals surface area contributed by atoms with Crippen molar-refractivity contribution in [2.24, 2.45) is 17.6 Å². The summed E-state index contributed by atoms with van der Waals surface area (Å²) in [5, 5.41) is 0.703. The average molecular weight is 308 g/mol. The van der Waals surface area contributed by atoms with Crippen LogP contribution in [0.5, 0.6) is 5.75 Å². The third-order valence-electron chi connectivity index (χ3n) is 4.83. The smallest absolute Gasteiger partial charge is 0.140 e. The monoisotopic (exact) mass is 307 g/mol. The molecule has 1 heterocycles. The van der Waals surface area contributed by atoms with Crippen LogP contribution in [0.3, 0.4) is 0 Å². The number of benzene rings is 1. The number of carbonyl (C=O) groups excluding carboxylic acids is 1. The first-order chi connectivity index (χ1) is 10.2. The zero-order chi connectivity index (χ0) is 14.8. The van der Waals surface area contributed by atoms with E-state index in [0.29, 0.717) is 29.8 Å². The maximum atomic E-state index is 12.5. The van der Waals surface area contributed by atoms with E-state index in [9.17, 15) is 4.79 Å². The molecule has 3 rings (SSSR count). The summed E-state index contributed by atoms with van der Waals surface area (Å²) in [5.41, 5.74) is 7.81. The molecule has 0 amide bonds. The minimum Gasteiger partial charge on any atom is -0.493 e. The van der Waals surface area contributed by atoms with Crippen molar-refractivity contribution >= 4 is 17.4 Å². The van der Waals surface area contributed by atoms with Gasteiger partial charge in [0.2, 0.25) is 0 Å². The molecule has 1 aromatic rings. The zero-order valence-corrected chi connectivity index (χ0v) is 13.0. The first-order valence-corrected chi connectivity index (χ1v) is 8.22. The van der Waals surface area contributed by atoms with Gasteiger partial charge >= 0.3 is 0 Å². The maximum Gasteiger partial charge on any atom is 0.140 e. The molecule has 2 N–H and O–H groups in total. The summed E-state index contributed by atoms with van der Waals surface area (Å²) in [5.74, 6) is 2.01. The van der Waals surface area contributed by atoms with Crippen LogP contribution in [-0.4, -0.2) is 18.9 Å². The van der Waals surface area contributed by atoms with Crippen LogP contribution in [-0.2, 0) is 17.6 Å². The standard InChI is InChI=1S/C17H22ClNO2/c18-15-7-13-5-6-21-17(13)14(8-15)9-16(20)12-3-1-11(10-19)2-4-12/h7-8,11-12H,1-6,9-10,19H2. The number of fused-ring (bicyclic) bond motifs is 1. The molecule has 1 fully saturated rings. The lowest BCUT2D eigenvalue weighted by molar-refractivity contribution is -0.123. The second kappa shape index (κ2) is 6.37. The van der Waals surface area contributed by atoms with E-state index >= 15 is 0 Å². The fourth-order valence-electron chi connectivity index (χ4n) is 3.53. The molecule has 0 atom stereocenters. The predicted molar refractivity (Wildman–Crippen MR) is 83.9 cm³/mol. The number of hydrogen-bond acceptors (Lipinski definition) is 3. The van der Waals surface area contributed by atoms with Crippen molar-refractivity contribution in [3.05, 3.63) is 28.3 Å². The lowest BCUT2D eigenvalue weighted by atomic mass is 9.79. The SMILES string of the molecule is NCC1CCC(C(=O)Cc2cc(Cl)cc3c2OCC3)CC1. The third kappa shape index (κ3) is 3.24. The summed E-state index contributed by atoms with van der Waals surface area (Å²) in [6.07, 6.45) is 5.45. The second-order valence-electron chi connectivity index (χ2n) is 6.25. The largest absolute Gasteiger partial charge is 0.493 e. The van der Waals surface area contributed by atoms with Crippen molar-refractivity contribution in [2.45, 2.75) is 38.5 Å². The van der Waals surface area contributed by atoms with Crippen LogP contribution in [0.4, 0.5) is 0 Å². The van der Waals surface area contributed by atoms with E-state index in [1.807, 2.05) is 12.1 Å². The van der Waals surface area contributed by atoms with Gasteiger partial charge in [-0.25, -0.2) is 0 Å².